The van der Waals surface area contributed by atoms with Gasteiger partial charge in [0.25, 0.3) is 0 Å². The van der Waals surface area contributed by atoms with Gasteiger partial charge in [0.15, 0.2) is 5.76 Å². The van der Waals surface area contributed by atoms with Gasteiger partial charge in [-0.15, -0.1) is 0 Å². The third-order valence-electron chi connectivity index (χ3n) is 6.04. The van der Waals surface area contributed by atoms with Crippen molar-refractivity contribution in [3.63, 3.8) is 0 Å². The van der Waals surface area contributed by atoms with Crippen molar-refractivity contribution in [1.29, 1.82) is 0 Å². The molecule has 4 heteroatoms. The van der Waals surface area contributed by atoms with Gasteiger partial charge in [0.1, 0.15) is 0 Å². The summed E-state index contributed by atoms with van der Waals surface area (Å²) in [5.41, 5.74) is 7.39. The monoisotopic (exact) mass is 408 g/mol. The summed E-state index contributed by atoms with van der Waals surface area (Å²) in [6.45, 7) is 1.89. The highest BCUT2D eigenvalue weighted by Gasteiger charge is 2.25. The Morgan fingerprint density at radius 3 is 2.42 bits per heavy atom. The van der Waals surface area contributed by atoms with Crippen LogP contribution in [0.5, 0.6) is 0 Å². The van der Waals surface area contributed by atoms with Crippen molar-refractivity contribution < 1.29 is 9.32 Å². The summed E-state index contributed by atoms with van der Waals surface area (Å²) < 4.78 is 5.62. The Kier molecular flexibility index (Phi) is 5.13. The van der Waals surface area contributed by atoms with Gasteiger partial charge >= 0.3 is 0 Å². The largest absolute Gasteiger partial charge is 0.356 e. The predicted molar refractivity (Wildman–Crippen MR) is 121 cm³/mol. The van der Waals surface area contributed by atoms with Crippen molar-refractivity contribution in [3.05, 3.63) is 101 Å². The Morgan fingerprint density at radius 1 is 0.935 bits per heavy atom. The molecule has 0 bridgehead atoms. The van der Waals surface area contributed by atoms with Crippen LogP contribution in [0.1, 0.15) is 34.8 Å². The average molecular weight is 409 g/mol. The minimum atomic E-state index is -0.00448. The minimum absolute atomic E-state index is 0.00448. The lowest BCUT2D eigenvalue weighted by Gasteiger charge is -2.14. The van der Waals surface area contributed by atoms with E-state index in [-0.39, 0.29) is 18.4 Å². The highest BCUT2D eigenvalue weighted by Crippen LogP contribution is 2.32. The van der Waals surface area contributed by atoms with Crippen molar-refractivity contribution in [2.75, 3.05) is 0 Å². The molecule has 1 aromatic heterocycles. The van der Waals surface area contributed by atoms with Crippen molar-refractivity contribution >= 4 is 5.91 Å². The SMILES string of the molecule is Cc1noc(-c2ccc(-c3ccccc3)cc2)c1CC(=O)NC1CCc2ccccc21. The molecule has 1 amide bonds. The van der Waals surface area contributed by atoms with Crippen LogP contribution in [0, 0.1) is 6.92 Å². The number of amides is 1. The molecule has 0 saturated carbocycles. The standard InChI is InChI=1S/C27H24N2O2/c1-18-24(17-26(30)28-25-16-15-21-9-5-6-10-23(21)25)27(31-29-18)22-13-11-20(12-14-22)19-7-3-2-4-8-19/h2-14,25H,15-17H2,1H3,(H,28,30). The Labute approximate surface area is 181 Å². The van der Waals surface area contributed by atoms with Crippen LogP contribution in [-0.2, 0) is 17.6 Å². The van der Waals surface area contributed by atoms with E-state index in [0.29, 0.717) is 5.76 Å². The number of aromatic nitrogens is 1. The van der Waals surface area contributed by atoms with Crippen molar-refractivity contribution in [2.45, 2.75) is 32.2 Å². The van der Waals surface area contributed by atoms with Gasteiger partial charge in [-0.2, -0.15) is 0 Å². The van der Waals surface area contributed by atoms with Gasteiger partial charge < -0.3 is 9.84 Å². The van der Waals surface area contributed by atoms with Gasteiger partial charge in [-0.05, 0) is 42.0 Å². The highest BCUT2D eigenvalue weighted by atomic mass is 16.5. The third-order valence-corrected chi connectivity index (χ3v) is 6.04. The fraction of sp³-hybridized carbons (Fsp3) is 0.185. The van der Waals surface area contributed by atoms with E-state index < -0.39 is 0 Å². The molecule has 0 radical (unpaired) electrons. The van der Waals surface area contributed by atoms with Crippen molar-refractivity contribution in [1.82, 2.24) is 10.5 Å². The van der Waals surface area contributed by atoms with Crippen LogP contribution in [0.15, 0.2) is 83.4 Å². The third kappa shape index (κ3) is 3.89. The number of aryl methyl sites for hydroxylation is 2. The summed E-state index contributed by atoms with van der Waals surface area (Å²) in [6, 6.07) is 26.9. The van der Waals surface area contributed by atoms with Crippen LogP contribution in [-0.4, -0.2) is 11.1 Å². The van der Waals surface area contributed by atoms with Gasteiger partial charge in [-0.1, -0.05) is 84.0 Å². The minimum Gasteiger partial charge on any atom is -0.356 e. The number of fused-ring (bicyclic) bond motifs is 1. The second-order valence-corrected chi connectivity index (χ2v) is 8.05. The molecule has 1 heterocycles. The van der Waals surface area contributed by atoms with Crippen LogP contribution in [0.25, 0.3) is 22.5 Å². The van der Waals surface area contributed by atoms with E-state index in [1.54, 1.807) is 0 Å². The van der Waals surface area contributed by atoms with E-state index in [1.807, 2.05) is 43.3 Å². The summed E-state index contributed by atoms with van der Waals surface area (Å²) in [7, 11) is 0. The number of hydrogen-bond acceptors (Lipinski definition) is 3. The van der Waals surface area contributed by atoms with E-state index in [9.17, 15) is 4.79 Å². The molecule has 4 nitrogen and oxygen atoms in total. The Hall–Kier alpha value is -3.66. The summed E-state index contributed by atoms with van der Waals surface area (Å²) in [6.07, 6.45) is 2.21. The second kappa shape index (κ2) is 8.23. The quantitative estimate of drug-likeness (QED) is 0.463. The fourth-order valence-corrected chi connectivity index (χ4v) is 4.38. The zero-order chi connectivity index (χ0) is 21.2. The molecule has 3 aromatic carbocycles. The molecule has 31 heavy (non-hydrogen) atoms. The number of hydrogen-bond donors (Lipinski definition) is 1. The Bertz CT molecular complexity index is 1210. The first-order valence-corrected chi connectivity index (χ1v) is 10.7. The molecule has 1 aliphatic rings. The number of nitrogens with one attached hydrogen (secondary N) is 1. The lowest BCUT2D eigenvalue weighted by atomic mass is 10.00. The van der Waals surface area contributed by atoms with Crippen LogP contribution in [0.2, 0.25) is 0 Å². The van der Waals surface area contributed by atoms with E-state index >= 15 is 0 Å². The molecule has 1 N–H and O–H groups in total. The first kappa shape index (κ1) is 19.3. The maximum absolute atomic E-state index is 12.9. The highest BCUT2D eigenvalue weighted by molar-refractivity contribution is 5.82. The number of rotatable bonds is 5. The molecule has 1 atom stereocenters. The molecular weight excluding hydrogens is 384 g/mol. The van der Waals surface area contributed by atoms with Crippen LogP contribution in [0.3, 0.4) is 0 Å². The predicted octanol–water partition coefficient (Wildman–Crippen LogP) is 5.66. The fourth-order valence-electron chi connectivity index (χ4n) is 4.38. The summed E-state index contributed by atoms with van der Waals surface area (Å²) in [4.78, 5) is 12.9. The zero-order valence-corrected chi connectivity index (χ0v) is 17.5. The van der Waals surface area contributed by atoms with Gasteiger partial charge in [-0.3, -0.25) is 4.79 Å². The number of carbonyl (C=O) groups is 1. The molecular formula is C27H24N2O2. The van der Waals surface area contributed by atoms with Crippen LogP contribution < -0.4 is 5.32 Å². The van der Waals surface area contributed by atoms with E-state index in [4.69, 9.17) is 4.52 Å². The second-order valence-electron chi connectivity index (χ2n) is 8.05. The van der Waals surface area contributed by atoms with Gasteiger partial charge in [-0.25, -0.2) is 0 Å². The molecule has 0 spiro atoms. The van der Waals surface area contributed by atoms with E-state index in [2.05, 4.69) is 52.9 Å². The lowest BCUT2D eigenvalue weighted by Crippen LogP contribution is -2.28. The molecule has 0 fully saturated rings. The zero-order valence-electron chi connectivity index (χ0n) is 17.5. The molecule has 5 rings (SSSR count). The maximum atomic E-state index is 12.9. The lowest BCUT2D eigenvalue weighted by molar-refractivity contribution is -0.121. The van der Waals surface area contributed by atoms with Gasteiger partial charge in [0.2, 0.25) is 5.91 Å². The smallest absolute Gasteiger partial charge is 0.225 e. The van der Waals surface area contributed by atoms with E-state index in [0.717, 1.165) is 35.2 Å². The summed E-state index contributed by atoms with van der Waals surface area (Å²) >= 11 is 0. The Morgan fingerprint density at radius 2 is 1.61 bits per heavy atom. The average Bonchev–Trinajstić information content (AvgIpc) is 3.38. The first-order valence-electron chi connectivity index (χ1n) is 10.7. The maximum Gasteiger partial charge on any atom is 0.225 e. The number of nitrogens with zero attached hydrogens (tertiary/aromatic N) is 1. The van der Waals surface area contributed by atoms with Crippen molar-refractivity contribution in [3.8, 4) is 22.5 Å². The normalized spacial score (nSPS) is 14.9. The summed E-state index contributed by atoms with van der Waals surface area (Å²) in [5, 5.41) is 7.34. The molecule has 154 valence electrons. The number of carbonyl (C=O) groups excluding carboxylic acids is 1. The molecule has 0 aliphatic heterocycles. The van der Waals surface area contributed by atoms with E-state index in [1.165, 1.54) is 16.7 Å². The molecule has 0 saturated heterocycles. The topological polar surface area (TPSA) is 55.1 Å². The molecule has 4 aromatic rings. The molecule has 1 aliphatic carbocycles. The first-order chi connectivity index (χ1) is 15.2. The van der Waals surface area contributed by atoms with Crippen LogP contribution >= 0.6 is 0 Å². The molecule has 1 unspecified atom stereocenters. The van der Waals surface area contributed by atoms with Gasteiger partial charge in [0, 0.05) is 11.1 Å². The van der Waals surface area contributed by atoms with Crippen molar-refractivity contribution in [2.24, 2.45) is 0 Å². The number of benzene rings is 3. The Balaban J connectivity index is 1.34. The van der Waals surface area contributed by atoms with Crippen LogP contribution in [0.4, 0.5) is 0 Å². The summed E-state index contributed by atoms with van der Waals surface area (Å²) in [5.74, 6) is 0.661. The van der Waals surface area contributed by atoms with Gasteiger partial charge in [0.05, 0.1) is 18.2 Å².